The first kappa shape index (κ1) is 17.6. The number of allylic oxidation sites excluding steroid dienone is 2. The average Bonchev–Trinajstić information content (AvgIpc) is 2.76. The van der Waals surface area contributed by atoms with Crippen LogP contribution in [0.4, 0.5) is 0 Å². The first-order valence-corrected chi connectivity index (χ1v) is 8.88. The minimum atomic E-state index is -0.762. The SMILES string of the molecule is CC1=CC(O)CC(CO)=CCC2CCC3=C(C(=O)C1C3O)C2(C)C. The number of fused-ring (bicyclic) bond motifs is 2. The maximum absolute atomic E-state index is 13.1. The van der Waals surface area contributed by atoms with E-state index in [0.29, 0.717) is 12.3 Å². The van der Waals surface area contributed by atoms with Crippen LogP contribution in [0.15, 0.2) is 34.4 Å². The zero-order valence-electron chi connectivity index (χ0n) is 14.7. The highest BCUT2D eigenvalue weighted by molar-refractivity contribution is 6.04. The van der Waals surface area contributed by atoms with Crippen molar-refractivity contribution in [3.8, 4) is 0 Å². The van der Waals surface area contributed by atoms with E-state index in [1.165, 1.54) is 0 Å². The van der Waals surface area contributed by atoms with Crippen molar-refractivity contribution in [2.75, 3.05) is 6.61 Å². The quantitative estimate of drug-likeness (QED) is 0.644. The van der Waals surface area contributed by atoms with E-state index in [-0.39, 0.29) is 17.8 Å². The molecule has 0 fully saturated rings. The van der Waals surface area contributed by atoms with E-state index in [1.807, 2.05) is 13.0 Å². The summed E-state index contributed by atoms with van der Waals surface area (Å²) in [5.74, 6) is -0.239. The summed E-state index contributed by atoms with van der Waals surface area (Å²) < 4.78 is 0. The number of aliphatic hydroxyl groups is 3. The van der Waals surface area contributed by atoms with Crippen LogP contribution in [-0.2, 0) is 4.79 Å². The Kier molecular flexibility index (Phi) is 4.58. The van der Waals surface area contributed by atoms with Crippen LogP contribution in [0.5, 0.6) is 0 Å². The lowest BCUT2D eigenvalue weighted by Gasteiger charge is -2.40. The number of hydrogen-bond donors (Lipinski definition) is 3. The van der Waals surface area contributed by atoms with Crippen molar-refractivity contribution >= 4 is 5.78 Å². The summed E-state index contributed by atoms with van der Waals surface area (Å²) >= 11 is 0. The fourth-order valence-corrected chi connectivity index (χ4v) is 4.83. The molecule has 0 aromatic carbocycles. The molecule has 3 aliphatic carbocycles. The number of ketones is 1. The molecule has 4 heteroatoms. The molecule has 0 radical (unpaired) electrons. The topological polar surface area (TPSA) is 77.8 Å². The molecule has 24 heavy (non-hydrogen) atoms. The fraction of sp³-hybridized carbons (Fsp3) is 0.650. The van der Waals surface area contributed by atoms with Gasteiger partial charge in [0.15, 0.2) is 5.78 Å². The molecule has 3 aliphatic rings. The third kappa shape index (κ3) is 2.71. The molecule has 4 unspecified atom stereocenters. The van der Waals surface area contributed by atoms with Crippen LogP contribution in [0.1, 0.15) is 46.5 Å². The van der Waals surface area contributed by atoms with Gasteiger partial charge < -0.3 is 15.3 Å². The molecule has 0 spiro atoms. The van der Waals surface area contributed by atoms with E-state index >= 15 is 0 Å². The molecular formula is C20H28O4. The number of Topliss-reactive ketones (excluding diaryl/α,β-unsaturated/α-hetero) is 1. The molecule has 0 amide bonds. The minimum Gasteiger partial charge on any atom is -0.392 e. The van der Waals surface area contributed by atoms with Gasteiger partial charge in [-0.3, -0.25) is 4.79 Å². The van der Waals surface area contributed by atoms with E-state index in [1.54, 1.807) is 6.08 Å². The summed E-state index contributed by atoms with van der Waals surface area (Å²) in [5.41, 5.74) is 2.98. The first-order valence-electron chi connectivity index (χ1n) is 8.88. The molecular weight excluding hydrogens is 304 g/mol. The van der Waals surface area contributed by atoms with Crippen LogP contribution in [0.2, 0.25) is 0 Å². The van der Waals surface area contributed by atoms with E-state index in [0.717, 1.165) is 41.6 Å². The second-order valence-electron chi connectivity index (χ2n) is 8.08. The molecule has 4 atom stereocenters. The summed E-state index contributed by atoms with van der Waals surface area (Å²) in [6.07, 6.45) is 5.02. The standard InChI is InChI=1S/C20H28O4/c1-11-8-14(22)9-12(10-21)4-5-13-6-7-15-17(20(13,2)3)19(24)16(11)18(15)23/h4,8,13-14,16,18,21-23H,5-7,9-10H2,1-3H3. The number of hydrogen-bond acceptors (Lipinski definition) is 4. The third-order valence-corrected chi connectivity index (χ3v) is 6.26. The van der Waals surface area contributed by atoms with Crippen molar-refractivity contribution in [3.63, 3.8) is 0 Å². The maximum atomic E-state index is 13.1. The lowest BCUT2D eigenvalue weighted by Crippen LogP contribution is -2.33. The number of carbonyl (C=O) groups is 1. The highest BCUT2D eigenvalue weighted by Crippen LogP contribution is 2.53. The van der Waals surface area contributed by atoms with Crippen LogP contribution in [0.25, 0.3) is 0 Å². The molecule has 0 saturated carbocycles. The number of carbonyl (C=O) groups excluding carboxylic acids is 1. The average molecular weight is 332 g/mol. The molecule has 3 bridgehead atoms. The zero-order valence-corrected chi connectivity index (χ0v) is 14.7. The molecule has 3 rings (SSSR count). The summed E-state index contributed by atoms with van der Waals surface area (Å²) in [6, 6.07) is 0. The lowest BCUT2D eigenvalue weighted by molar-refractivity contribution is -0.120. The van der Waals surface area contributed by atoms with E-state index < -0.39 is 18.1 Å². The van der Waals surface area contributed by atoms with Crippen molar-refractivity contribution < 1.29 is 20.1 Å². The lowest BCUT2D eigenvalue weighted by atomic mass is 9.64. The largest absolute Gasteiger partial charge is 0.392 e. The molecule has 3 N–H and O–H groups in total. The molecule has 0 aromatic rings. The highest BCUT2D eigenvalue weighted by Gasteiger charge is 2.51. The Labute approximate surface area is 143 Å². The minimum absolute atomic E-state index is 0.0279. The van der Waals surface area contributed by atoms with Gasteiger partial charge in [-0.2, -0.15) is 0 Å². The Hall–Kier alpha value is -1.23. The van der Waals surface area contributed by atoms with Gasteiger partial charge in [-0.05, 0) is 48.7 Å². The highest BCUT2D eigenvalue weighted by atomic mass is 16.3. The number of aliphatic hydroxyl groups excluding tert-OH is 3. The Morgan fingerprint density at radius 3 is 2.67 bits per heavy atom. The number of rotatable bonds is 1. The second-order valence-corrected chi connectivity index (χ2v) is 8.08. The molecule has 132 valence electrons. The predicted octanol–water partition coefficient (Wildman–Crippen LogP) is 2.30. The smallest absolute Gasteiger partial charge is 0.169 e. The van der Waals surface area contributed by atoms with Gasteiger partial charge in [-0.25, -0.2) is 0 Å². The van der Waals surface area contributed by atoms with Crippen molar-refractivity contribution in [3.05, 3.63) is 34.4 Å². The first-order chi connectivity index (χ1) is 11.3. The van der Waals surface area contributed by atoms with Gasteiger partial charge >= 0.3 is 0 Å². The van der Waals surface area contributed by atoms with Gasteiger partial charge in [-0.1, -0.05) is 31.6 Å². The van der Waals surface area contributed by atoms with Crippen molar-refractivity contribution in [2.45, 2.75) is 58.7 Å². The summed E-state index contributed by atoms with van der Waals surface area (Å²) in [5, 5.41) is 30.6. The van der Waals surface area contributed by atoms with Gasteiger partial charge in [-0.15, -0.1) is 0 Å². The monoisotopic (exact) mass is 332 g/mol. The van der Waals surface area contributed by atoms with E-state index in [4.69, 9.17) is 0 Å². The van der Waals surface area contributed by atoms with E-state index in [9.17, 15) is 20.1 Å². The zero-order chi connectivity index (χ0) is 17.6. The molecule has 0 saturated heterocycles. The fourth-order valence-electron chi connectivity index (χ4n) is 4.83. The van der Waals surface area contributed by atoms with Crippen molar-refractivity contribution in [1.82, 2.24) is 0 Å². The van der Waals surface area contributed by atoms with Crippen molar-refractivity contribution in [2.24, 2.45) is 17.3 Å². The summed E-state index contributed by atoms with van der Waals surface area (Å²) in [6.45, 7) is 5.96. The summed E-state index contributed by atoms with van der Waals surface area (Å²) in [7, 11) is 0. The molecule has 4 nitrogen and oxygen atoms in total. The Bertz CT molecular complexity index is 638. The van der Waals surface area contributed by atoms with Crippen LogP contribution in [0, 0.1) is 17.3 Å². The van der Waals surface area contributed by atoms with Crippen LogP contribution >= 0.6 is 0 Å². The summed E-state index contributed by atoms with van der Waals surface area (Å²) in [4.78, 5) is 13.1. The predicted molar refractivity (Wildman–Crippen MR) is 92.2 cm³/mol. The van der Waals surface area contributed by atoms with Crippen LogP contribution in [-0.4, -0.2) is 39.9 Å². The van der Waals surface area contributed by atoms with Gasteiger partial charge in [0.25, 0.3) is 0 Å². The Morgan fingerprint density at radius 2 is 2.00 bits per heavy atom. The van der Waals surface area contributed by atoms with Gasteiger partial charge in [0.2, 0.25) is 0 Å². The normalized spacial score (nSPS) is 36.2. The Balaban J connectivity index is 2.11. The third-order valence-electron chi connectivity index (χ3n) is 6.26. The van der Waals surface area contributed by atoms with Crippen LogP contribution in [0.3, 0.4) is 0 Å². The van der Waals surface area contributed by atoms with Gasteiger partial charge in [0.05, 0.1) is 24.7 Å². The van der Waals surface area contributed by atoms with Gasteiger partial charge in [0.1, 0.15) is 0 Å². The Morgan fingerprint density at radius 1 is 1.29 bits per heavy atom. The molecule has 0 aromatic heterocycles. The maximum Gasteiger partial charge on any atom is 0.169 e. The van der Waals surface area contributed by atoms with Crippen LogP contribution < -0.4 is 0 Å². The van der Waals surface area contributed by atoms with Crippen molar-refractivity contribution in [1.29, 1.82) is 0 Å². The van der Waals surface area contributed by atoms with E-state index in [2.05, 4.69) is 13.8 Å². The molecule has 0 aliphatic heterocycles. The second kappa shape index (κ2) is 6.25. The molecule has 0 heterocycles. The van der Waals surface area contributed by atoms with Gasteiger partial charge in [0, 0.05) is 12.0 Å².